The summed E-state index contributed by atoms with van der Waals surface area (Å²) in [6.07, 6.45) is 2.09. The Hall–Kier alpha value is -1.91. The predicted octanol–water partition coefficient (Wildman–Crippen LogP) is 2.85. The molecule has 1 aliphatic rings. The van der Waals surface area contributed by atoms with Crippen molar-refractivity contribution in [3.8, 4) is 0 Å². The van der Waals surface area contributed by atoms with Crippen molar-refractivity contribution in [3.05, 3.63) is 35.1 Å². The fourth-order valence-corrected chi connectivity index (χ4v) is 2.84. The van der Waals surface area contributed by atoms with E-state index in [0.717, 1.165) is 18.4 Å². The van der Waals surface area contributed by atoms with Gasteiger partial charge in [-0.3, -0.25) is 4.79 Å². The van der Waals surface area contributed by atoms with Crippen LogP contribution in [0, 0.1) is 18.7 Å². The molecule has 1 fully saturated rings. The zero-order chi connectivity index (χ0) is 15.6. The molecule has 21 heavy (non-hydrogen) atoms. The summed E-state index contributed by atoms with van der Waals surface area (Å²) in [5, 5.41) is 9.35. The minimum atomic E-state index is -1.02. The minimum Gasteiger partial charge on any atom is -0.480 e. The monoisotopic (exact) mass is 293 g/mol. The molecule has 114 valence electrons. The molecule has 0 radical (unpaired) electrons. The lowest BCUT2D eigenvalue weighted by Gasteiger charge is -2.37. The lowest BCUT2D eigenvalue weighted by Crippen LogP contribution is -2.50. The van der Waals surface area contributed by atoms with Crippen molar-refractivity contribution in [2.75, 3.05) is 6.54 Å². The largest absolute Gasteiger partial charge is 0.480 e. The zero-order valence-electron chi connectivity index (χ0n) is 12.3. The molecule has 1 N–H and O–H groups in total. The second-order valence-electron chi connectivity index (χ2n) is 5.63. The van der Waals surface area contributed by atoms with Crippen molar-refractivity contribution in [2.45, 2.75) is 39.2 Å². The van der Waals surface area contributed by atoms with Gasteiger partial charge in [0, 0.05) is 6.54 Å². The number of piperidine rings is 1. The number of likely N-dealkylation sites (tertiary alicyclic amines) is 1. The van der Waals surface area contributed by atoms with Gasteiger partial charge in [0.2, 0.25) is 0 Å². The molecule has 0 spiro atoms. The van der Waals surface area contributed by atoms with Gasteiger partial charge < -0.3 is 10.0 Å². The van der Waals surface area contributed by atoms with Crippen LogP contribution in [-0.4, -0.2) is 34.5 Å². The fraction of sp³-hybridized carbons (Fsp3) is 0.500. The third-order valence-corrected chi connectivity index (χ3v) is 4.19. The molecule has 1 aromatic rings. The summed E-state index contributed by atoms with van der Waals surface area (Å²) in [5.41, 5.74) is 0.728. The van der Waals surface area contributed by atoms with Gasteiger partial charge >= 0.3 is 5.97 Å². The molecule has 0 saturated carbocycles. The molecule has 2 rings (SSSR count). The Morgan fingerprint density at radius 1 is 1.43 bits per heavy atom. The number of aliphatic carboxylic acids is 1. The molecule has 5 heteroatoms. The topological polar surface area (TPSA) is 57.6 Å². The van der Waals surface area contributed by atoms with Gasteiger partial charge in [0.1, 0.15) is 11.9 Å². The summed E-state index contributed by atoms with van der Waals surface area (Å²) < 4.78 is 13.9. The Morgan fingerprint density at radius 3 is 2.76 bits per heavy atom. The standard InChI is InChI=1S/C16H20FNO3/c1-3-11-6-7-18(14(9-11)16(20)21)15(19)12-8-10(2)4-5-13(12)17/h4-5,8,11,14H,3,6-7,9H2,1-2H3,(H,20,21). The summed E-state index contributed by atoms with van der Waals surface area (Å²) in [7, 11) is 0. The van der Waals surface area contributed by atoms with Crippen LogP contribution in [0.5, 0.6) is 0 Å². The number of nitrogens with zero attached hydrogens (tertiary/aromatic N) is 1. The summed E-state index contributed by atoms with van der Waals surface area (Å²) >= 11 is 0. The first kappa shape index (κ1) is 15.5. The van der Waals surface area contributed by atoms with Gasteiger partial charge in [-0.15, -0.1) is 0 Å². The van der Waals surface area contributed by atoms with Crippen molar-refractivity contribution >= 4 is 11.9 Å². The van der Waals surface area contributed by atoms with Crippen molar-refractivity contribution < 1.29 is 19.1 Å². The number of aryl methyl sites for hydroxylation is 1. The first-order valence-corrected chi connectivity index (χ1v) is 7.24. The highest BCUT2D eigenvalue weighted by molar-refractivity contribution is 5.97. The zero-order valence-corrected chi connectivity index (χ0v) is 12.3. The molecule has 2 atom stereocenters. The van der Waals surface area contributed by atoms with E-state index in [-0.39, 0.29) is 5.56 Å². The highest BCUT2D eigenvalue weighted by Crippen LogP contribution is 2.27. The smallest absolute Gasteiger partial charge is 0.326 e. The van der Waals surface area contributed by atoms with E-state index >= 15 is 0 Å². The Bertz CT molecular complexity index is 558. The number of carboxylic acids is 1. The van der Waals surface area contributed by atoms with Gasteiger partial charge in [-0.25, -0.2) is 9.18 Å². The van der Waals surface area contributed by atoms with Crippen LogP contribution in [0.25, 0.3) is 0 Å². The number of rotatable bonds is 3. The maximum atomic E-state index is 13.9. The van der Waals surface area contributed by atoms with Gasteiger partial charge in [-0.1, -0.05) is 25.0 Å². The number of halogens is 1. The maximum absolute atomic E-state index is 13.9. The van der Waals surface area contributed by atoms with E-state index in [1.165, 1.54) is 17.0 Å². The fourth-order valence-electron chi connectivity index (χ4n) is 2.84. The molecule has 0 bridgehead atoms. The van der Waals surface area contributed by atoms with Crippen LogP contribution >= 0.6 is 0 Å². The number of carbonyl (C=O) groups excluding carboxylic acids is 1. The molecule has 1 aliphatic heterocycles. The SMILES string of the molecule is CCC1CCN(C(=O)c2cc(C)ccc2F)C(C(=O)O)C1. The highest BCUT2D eigenvalue weighted by Gasteiger charge is 2.36. The van der Waals surface area contributed by atoms with Crippen LogP contribution in [0.1, 0.15) is 42.1 Å². The van der Waals surface area contributed by atoms with Crippen molar-refractivity contribution in [3.63, 3.8) is 0 Å². The van der Waals surface area contributed by atoms with E-state index in [9.17, 15) is 19.1 Å². The quantitative estimate of drug-likeness (QED) is 0.932. The van der Waals surface area contributed by atoms with E-state index in [1.807, 2.05) is 6.92 Å². The van der Waals surface area contributed by atoms with E-state index in [4.69, 9.17) is 0 Å². The number of carbonyl (C=O) groups is 2. The van der Waals surface area contributed by atoms with Crippen LogP contribution in [0.3, 0.4) is 0 Å². The molecule has 1 aromatic carbocycles. The Kier molecular flexibility index (Phi) is 4.60. The second-order valence-corrected chi connectivity index (χ2v) is 5.63. The van der Waals surface area contributed by atoms with Gasteiger partial charge in [0.25, 0.3) is 5.91 Å². The normalized spacial score (nSPS) is 22.1. The summed E-state index contributed by atoms with van der Waals surface area (Å²) in [6.45, 7) is 4.15. The van der Waals surface area contributed by atoms with E-state index in [1.54, 1.807) is 13.0 Å². The average Bonchev–Trinajstić information content (AvgIpc) is 2.48. The molecule has 0 aliphatic carbocycles. The van der Waals surface area contributed by atoms with Gasteiger partial charge in [-0.05, 0) is 37.8 Å². The Morgan fingerprint density at radius 2 is 2.14 bits per heavy atom. The lowest BCUT2D eigenvalue weighted by molar-refractivity contribution is -0.144. The maximum Gasteiger partial charge on any atom is 0.326 e. The molecular weight excluding hydrogens is 273 g/mol. The van der Waals surface area contributed by atoms with Gasteiger partial charge in [0.15, 0.2) is 0 Å². The molecule has 4 nitrogen and oxygen atoms in total. The minimum absolute atomic E-state index is 0.0452. The first-order chi connectivity index (χ1) is 9.93. The van der Waals surface area contributed by atoms with Crippen LogP contribution in [0.15, 0.2) is 18.2 Å². The van der Waals surface area contributed by atoms with Crippen LogP contribution < -0.4 is 0 Å². The predicted molar refractivity (Wildman–Crippen MR) is 76.6 cm³/mol. The molecule has 2 unspecified atom stereocenters. The molecular formula is C16H20FNO3. The molecule has 1 saturated heterocycles. The second kappa shape index (κ2) is 6.24. The van der Waals surface area contributed by atoms with E-state index in [0.29, 0.717) is 18.9 Å². The molecule has 1 heterocycles. The number of hydrogen-bond donors (Lipinski definition) is 1. The van der Waals surface area contributed by atoms with Gasteiger partial charge in [0.05, 0.1) is 5.56 Å². The van der Waals surface area contributed by atoms with Crippen molar-refractivity contribution in [2.24, 2.45) is 5.92 Å². The van der Waals surface area contributed by atoms with Crippen LogP contribution in [0.2, 0.25) is 0 Å². The van der Waals surface area contributed by atoms with Crippen molar-refractivity contribution in [1.29, 1.82) is 0 Å². The van der Waals surface area contributed by atoms with Crippen LogP contribution in [-0.2, 0) is 4.79 Å². The van der Waals surface area contributed by atoms with Gasteiger partial charge in [-0.2, -0.15) is 0 Å². The van der Waals surface area contributed by atoms with Crippen LogP contribution in [0.4, 0.5) is 4.39 Å². The highest BCUT2D eigenvalue weighted by atomic mass is 19.1. The Labute approximate surface area is 123 Å². The third-order valence-electron chi connectivity index (χ3n) is 4.19. The first-order valence-electron chi connectivity index (χ1n) is 7.24. The number of benzene rings is 1. The molecule has 0 aromatic heterocycles. The summed E-state index contributed by atoms with van der Waals surface area (Å²) in [4.78, 5) is 25.2. The third kappa shape index (κ3) is 3.23. The summed E-state index contributed by atoms with van der Waals surface area (Å²) in [6, 6.07) is 3.44. The number of carboxylic acid groups (broad SMARTS) is 1. The Balaban J connectivity index is 2.28. The summed E-state index contributed by atoms with van der Waals surface area (Å²) in [5.74, 6) is -1.85. The van der Waals surface area contributed by atoms with E-state index in [2.05, 4.69) is 0 Å². The van der Waals surface area contributed by atoms with E-state index < -0.39 is 23.7 Å². The molecule has 1 amide bonds. The number of amides is 1. The van der Waals surface area contributed by atoms with Crippen molar-refractivity contribution in [1.82, 2.24) is 4.90 Å². The lowest BCUT2D eigenvalue weighted by atomic mass is 9.88. The number of hydrogen-bond acceptors (Lipinski definition) is 2. The average molecular weight is 293 g/mol.